The quantitative estimate of drug-likeness (QED) is 0.726. The summed E-state index contributed by atoms with van der Waals surface area (Å²) in [4.78, 5) is 0. The lowest BCUT2D eigenvalue weighted by atomic mass is 9.82. The van der Waals surface area contributed by atoms with Gasteiger partial charge in [0.25, 0.3) is 0 Å². The van der Waals surface area contributed by atoms with Crippen molar-refractivity contribution in [3.8, 4) is 0 Å². The van der Waals surface area contributed by atoms with Gasteiger partial charge >= 0.3 is 0 Å². The minimum atomic E-state index is 0.580. The molecule has 0 spiro atoms. The van der Waals surface area contributed by atoms with Crippen molar-refractivity contribution in [2.24, 2.45) is 5.92 Å². The van der Waals surface area contributed by atoms with Gasteiger partial charge in [-0.2, -0.15) is 0 Å². The van der Waals surface area contributed by atoms with Gasteiger partial charge in [0.1, 0.15) is 0 Å². The normalized spacial score (nSPS) is 18.4. The van der Waals surface area contributed by atoms with E-state index in [9.17, 15) is 0 Å². The van der Waals surface area contributed by atoms with Gasteiger partial charge in [0, 0.05) is 12.6 Å². The third-order valence-electron chi connectivity index (χ3n) is 4.69. The molecule has 1 fully saturated rings. The second-order valence-electron chi connectivity index (χ2n) is 6.75. The number of rotatable bonds is 7. The standard InChI is InChI=1S/C19H31N/c1-16(2)20-15-19(18-11-7-4-8-12-18)14-13-17-9-5-3-6-10-17/h4,7-8,11-12,16-17,19-20H,3,5-6,9-10,13-15H2,1-2H3. The van der Waals surface area contributed by atoms with Crippen LogP contribution in [-0.4, -0.2) is 12.6 Å². The highest BCUT2D eigenvalue weighted by molar-refractivity contribution is 5.19. The molecular formula is C19H31N. The fourth-order valence-corrected chi connectivity index (χ4v) is 3.40. The van der Waals surface area contributed by atoms with Gasteiger partial charge in [0.15, 0.2) is 0 Å². The van der Waals surface area contributed by atoms with Crippen LogP contribution in [-0.2, 0) is 0 Å². The number of hydrogen-bond acceptors (Lipinski definition) is 1. The van der Waals surface area contributed by atoms with Crippen LogP contribution in [0, 0.1) is 5.92 Å². The Labute approximate surface area is 125 Å². The van der Waals surface area contributed by atoms with Crippen molar-refractivity contribution in [2.45, 2.75) is 70.8 Å². The minimum Gasteiger partial charge on any atom is -0.314 e. The molecule has 0 aromatic heterocycles. The number of hydrogen-bond donors (Lipinski definition) is 1. The van der Waals surface area contributed by atoms with E-state index in [0.717, 1.165) is 12.5 Å². The maximum atomic E-state index is 3.63. The highest BCUT2D eigenvalue weighted by Gasteiger charge is 2.17. The average molecular weight is 273 g/mol. The third kappa shape index (κ3) is 5.28. The Morgan fingerprint density at radius 1 is 1.05 bits per heavy atom. The predicted molar refractivity (Wildman–Crippen MR) is 88.1 cm³/mol. The zero-order chi connectivity index (χ0) is 14.2. The van der Waals surface area contributed by atoms with Gasteiger partial charge in [-0.05, 0) is 30.2 Å². The fourth-order valence-electron chi connectivity index (χ4n) is 3.40. The molecule has 2 rings (SSSR count). The largest absolute Gasteiger partial charge is 0.314 e. The summed E-state index contributed by atoms with van der Waals surface area (Å²) in [5, 5.41) is 3.63. The number of benzene rings is 1. The molecule has 0 radical (unpaired) electrons. The highest BCUT2D eigenvalue weighted by Crippen LogP contribution is 2.31. The SMILES string of the molecule is CC(C)NCC(CCC1CCCCC1)c1ccccc1. The van der Waals surface area contributed by atoms with Crippen LogP contribution in [0.2, 0.25) is 0 Å². The Balaban J connectivity index is 1.88. The number of nitrogens with one attached hydrogen (secondary N) is 1. The molecule has 1 aromatic rings. The Hall–Kier alpha value is -0.820. The summed E-state index contributed by atoms with van der Waals surface area (Å²) < 4.78 is 0. The molecule has 1 unspecified atom stereocenters. The average Bonchev–Trinajstić information content (AvgIpc) is 2.49. The van der Waals surface area contributed by atoms with Crippen LogP contribution in [0.1, 0.15) is 70.3 Å². The van der Waals surface area contributed by atoms with Crippen molar-refractivity contribution in [3.05, 3.63) is 35.9 Å². The Morgan fingerprint density at radius 2 is 1.75 bits per heavy atom. The topological polar surface area (TPSA) is 12.0 Å². The second-order valence-corrected chi connectivity index (χ2v) is 6.75. The van der Waals surface area contributed by atoms with Crippen molar-refractivity contribution in [1.29, 1.82) is 0 Å². The monoisotopic (exact) mass is 273 g/mol. The first-order chi connectivity index (χ1) is 9.75. The maximum Gasteiger partial charge on any atom is 0.00225 e. The van der Waals surface area contributed by atoms with Gasteiger partial charge in [-0.25, -0.2) is 0 Å². The van der Waals surface area contributed by atoms with Crippen molar-refractivity contribution in [3.63, 3.8) is 0 Å². The van der Waals surface area contributed by atoms with Gasteiger partial charge in [-0.15, -0.1) is 0 Å². The molecule has 0 aliphatic heterocycles. The summed E-state index contributed by atoms with van der Waals surface area (Å²) in [7, 11) is 0. The molecule has 1 saturated carbocycles. The first-order valence-electron chi connectivity index (χ1n) is 8.54. The molecule has 0 heterocycles. The lowest BCUT2D eigenvalue weighted by Gasteiger charge is -2.25. The van der Waals surface area contributed by atoms with Crippen molar-refractivity contribution in [1.82, 2.24) is 5.32 Å². The second kappa shape index (κ2) is 8.46. The zero-order valence-corrected chi connectivity index (χ0v) is 13.3. The molecule has 1 aliphatic carbocycles. The van der Waals surface area contributed by atoms with Crippen LogP contribution in [0.3, 0.4) is 0 Å². The van der Waals surface area contributed by atoms with E-state index in [1.807, 2.05) is 0 Å². The summed E-state index contributed by atoms with van der Waals surface area (Å²) in [6.07, 6.45) is 10.1. The molecule has 1 N–H and O–H groups in total. The Bertz CT molecular complexity index is 351. The molecule has 20 heavy (non-hydrogen) atoms. The van der Waals surface area contributed by atoms with Gasteiger partial charge in [-0.3, -0.25) is 0 Å². The zero-order valence-electron chi connectivity index (χ0n) is 13.3. The molecule has 0 bridgehead atoms. The molecule has 0 saturated heterocycles. The van der Waals surface area contributed by atoms with E-state index in [1.165, 1.54) is 50.5 Å². The highest BCUT2D eigenvalue weighted by atomic mass is 14.9. The molecule has 1 atom stereocenters. The van der Waals surface area contributed by atoms with Crippen LogP contribution in [0.4, 0.5) is 0 Å². The van der Waals surface area contributed by atoms with E-state index in [2.05, 4.69) is 49.5 Å². The van der Waals surface area contributed by atoms with E-state index >= 15 is 0 Å². The lowest BCUT2D eigenvalue weighted by Crippen LogP contribution is -2.28. The van der Waals surface area contributed by atoms with E-state index in [4.69, 9.17) is 0 Å². The fraction of sp³-hybridized carbons (Fsp3) is 0.684. The van der Waals surface area contributed by atoms with Crippen molar-refractivity contribution < 1.29 is 0 Å². The molecule has 1 heteroatoms. The molecule has 1 nitrogen and oxygen atoms in total. The van der Waals surface area contributed by atoms with E-state index in [-0.39, 0.29) is 0 Å². The van der Waals surface area contributed by atoms with Gasteiger partial charge < -0.3 is 5.32 Å². The van der Waals surface area contributed by atoms with Crippen LogP contribution >= 0.6 is 0 Å². The van der Waals surface area contributed by atoms with Gasteiger partial charge in [0.2, 0.25) is 0 Å². The molecule has 1 aliphatic rings. The summed E-state index contributed by atoms with van der Waals surface area (Å²) in [6.45, 7) is 5.60. The lowest BCUT2D eigenvalue weighted by molar-refractivity contribution is 0.320. The Morgan fingerprint density at radius 3 is 2.40 bits per heavy atom. The van der Waals surface area contributed by atoms with E-state index < -0.39 is 0 Å². The maximum absolute atomic E-state index is 3.63. The smallest absolute Gasteiger partial charge is 0.00225 e. The third-order valence-corrected chi connectivity index (χ3v) is 4.69. The van der Waals surface area contributed by atoms with E-state index in [0.29, 0.717) is 12.0 Å². The minimum absolute atomic E-state index is 0.580. The van der Waals surface area contributed by atoms with Gasteiger partial charge in [0.05, 0.1) is 0 Å². The Kier molecular flexibility index (Phi) is 6.59. The first kappa shape index (κ1) is 15.6. The predicted octanol–water partition coefficient (Wildman–Crippen LogP) is 5.13. The van der Waals surface area contributed by atoms with Crippen LogP contribution < -0.4 is 5.32 Å². The van der Waals surface area contributed by atoms with Crippen LogP contribution in [0.5, 0.6) is 0 Å². The molecular weight excluding hydrogens is 242 g/mol. The first-order valence-corrected chi connectivity index (χ1v) is 8.54. The summed E-state index contributed by atoms with van der Waals surface area (Å²) in [5.74, 6) is 1.68. The summed E-state index contributed by atoms with van der Waals surface area (Å²) in [5.41, 5.74) is 1.51. The van der Waals surface area contributed by atoms with Crippen LogP contribution in [0.15, 0.2) is 30.3 Å². The van der Waals surface area contributed by atoms with Crippen LogP contribution in [0.25, 0.3) is 0 Å². The summed E-state index contributed by atoms with van der Waals surface area (Å²) >= 11 is 0. The molecule has 1 aromatic carbocycles. The van der Waals surface area contributed by atoms with Crippen molar-refractivity contribution >= 4 is 0 Å². The van der Waals surface area contributed by atoms with E-state index in [1.54, 1.807) is 0 Å². The molecule has 0 amide bonds. The van der Waals surface area contributed by atoms with Crippen molar-refractivity contribution in [2.75, 3.05) is 6.54 Å². The molecule has 112 valence electrons. The summed E-state index contributed by atoms with van der Waals surface area (Å²) in [6, 6.07) is 11.7. The van der Waals surface area contributed by atoms with Gasteiger partial charge in [-0.1, -0.05) is 76.3 Å².